The van der Waals surface area contributed by atoms with Crippen LogP contribution in [0.2, 0.25) is 0 Å². The number of nitrogens with zero attached hydrogens (tertiary/aromatic N) is 1. The molecule has 0 unspecified atom stereocenters. The van der Waals surface area contributed by atoms with Crippen LogP contribution in [0.4, 0.5) is 0 Å². The fourth-order valence-electron chi connectivity index (χ4n) is 3.09. The minimum Gasteiger partial charge on any atom is -0.387 e. The lowest BCUT2D eigenvalue weighted by molar-refractivity contribution is 0.0477. The first-order valence-corrected chi connectivity index (χ1v) is 7.67. The van der Waals surface area contributed by atoms with Crippen molar-refractivity contribution in [2.45, 2.75) is 37.2 Å². The van der Waals surface area contributed by atoms with Crippen LogP contribution in [0, 0.1) is 0 Å². The van der Waals surface area contributed by atoms with Gasteiger partial charge >= 0.3 is 0 Å². The standard InChI is InChI=1S/C17H18N2O3/c20-16(14-7-15(22-19-14)11-5-6-11)18-10-17(21)8-12-3-1-2-4-13(12)9-17/h1-4,7,11,21H,5-6,8-10H2,(H,18,20). The summed E-state index contributed by atoms with van der Waals surface area (Å²) in [4.78, 5) is 12.1. The van der Waals surface area contributed by atoms with Crippen molar-refractivity contribution in [3.8, 4) is 0 Å². The molecule has 0 saturated heterocycles. The van der Waals surface area contributed by atoms with E-state index < -0.39 is 5.60 Å². The average molecular weight is 298 g/mol. The van der Waals surface area contributed by atoms with Crippen molar-refractivity contribution in [2.24, 2.45) is 0 Å². The summed E-state index contributed by atoms with van der Waals surface area (Å²) >= 11 is 0. The minimum atomic E-state index is -0.914. The molecule has 1 saturated carbocycles. The molecule has 2 aliphatic rings. The van der Waals surface area contributed by atoms with Gasteiger partial charge in [0.15, 0.2) is 5.69 Å². The van der Waals surface area contributed by atoms with E-state index in [9.17, 15) is 9.90 Å². The molecule has 0 bridgehead atoms. The molecule has 5 heteroatoms. The van der Waals surface area contributed by atoms with Crippen molar-refractivity contribution >= 4 is 5.91 Å². The van der Waals surface area contributed by atoms with Crippen LogP contribution in [0.15, 0.2) is 34.9 Å². The maximum atomic E-state index is 12.1. The Kier molecular flexibility index (Phi) is 3.04. The SMILES string of the molecule is O=C(NCC1(O)Cc2ccccc2C1)c1cc(C2CC2)on1. The Morgan fingerprint density at radius 3 is 2.64 bits per heavy atom. The molecule has 1 heterocycles. The fourth-order valence-corrected chi connectivity index (χ4v) is 3.09. The molecule has 1 amide bonds. The molecule has 2 N–H and O–H groups in total. The van der Waals surface area contributed by atoms with E-state index in [0.717, 1.165) is 29.7 Å². The predicted octanol–water partition coefficient (Wildman–Crippen LogP) is 1.81. The van der Waals surface area contributed by atoms with Crippen LogP contribution < -0.4 is 5.32 Å². The normalized spacial score (nSPS) is 19.0. The lowest BCUT2D eigenvalue weighted by Gasteiger charge is -2.22. The number of carbonyl (C=O) groups is 1. The molecule has 0 spiro atoms. The Morgan fingerprint density at radius 1 is 1.32 bits per heavy atom. The van der Waals surface area contributed by atoms with Crippen molar-refractivity contribution in [1.82, 2.24) is 10.5 Å². The highest BCUT2D eigenvalue weighted by Gasteiger charge is 2.35. The third-order valence-corrected chi connectivity index (χ3v) is 4.48. The summed E-state index contributed by atoms with van der Waals surface area (Å²) in [5.41, 5.74) is 1.68. The molecule has 0 aliphatic heterocycles. The zero-order chi connectivity index (χ0) is 15.2. The molecule has 2 aliphatic carbocycles. The summed E-state index contributed by atoms with van der Waals surface area (Å²) in [5, 5.41) is 17.2. The van der Waals surface area contributed by atoms with E-state index in [1.807, 2.05) is 24.3 Å². The number of nitrogens with one attached hydrogen (secondary N) is 1. The van der Waals surface area contributed by atoms with Gasteiger partial charge < -0.3 is 14.9 Å². The van der Waals surface area contributed by atoms with Crippen LogP contribution >= 0.6 is 0 Å². The van der Waals surface area contributed by atoms with E-state index in [-0.39, 0.29) is 12.5 Å². The van der Waals surface area contributed by atoms with E-state index in [4.69, 9.17) is 4.52 Å². The van der Waals surface area contributed by atoms with E-state index in [1.165, 1.54) is 0 Å². The number of rotatable bonds is 4. The van der Waals surface area contributed by atoms with Gasteiger partial charge in [-0.3, -0.25) is 4.79 Å². The van der Waals surface area contributed by atoms with Gasteiger partial charge in [0.1, 0.15) is 5.76 Å². The maximum absolute atomic E-state index is 12.1. The van der Waals surface area contributed by atoms with Crippen LogP contribution in [-0.2, 0) is 12.8 Å². The van der Waals surface area contributed by atoms with Crippen LogP contribution in [0.3, 0.4) is 0 Å². The molecule has 0 atom stereocenters. The Bertz CT molecular complexity index is 693. The van der Waals surface area contributed by atoms with Crippen molar-refractivity contribution < 1.29 is 14.4 Å². The quantitative estimate of drug-likeness (QED) is 0.902. The van der Waals surface area contributed by atoms with E-state index >= 15 is 0 Å². The minimum absolute atomic E-state index is 0.214. The van der Waals surface area contributed by atoms with Gasteiger partial charge in [-0.05, 0) is 24.0 Å². The zero-order valence-electron chi connectivity index (χ0n) is 12.2. The fraction of sp³-hybridized carbons (Fsp3) is 0.412. The summed E-state index contributed by atoms with van der Waals surface area (Å²) in [7, 11) is 0. The van der Waals surface area contributed by atoms with Gasteiger partial charge in [0.2, 0.25) is 0 Å². The second kappa shape index (κ2) is 4.95. The van der Waals surface area contributed by atoms with Gasteiger partial charge in [0.25, 0.3) is 5.91 Å². The summed E-state index contributed by atoms with van der Waals surface area (Å²) in [5.74, 6) is 0.930. The smallest absolute Gasteiger partial charge is 0.273 e. The first-order valence-electron chi connectivity index (χ1n) is 7.67. The summed E-state index contributed by atoms with van der Waals surface area (Å²) < 4.78 is 5.18. The first kappa shape index (κ1) is 13.5. The summed E-state index contributed by atoms with van der Waals surface area (Å²) in [6.07, 6.45) is 3.34. The molecule has 1 aromatic heterocycles. The second-order valence-electron chi connectivity index (χ2n) is 6.42. The van der Waals surface area contributed by atoms with E-state index in [2.05, 4.69) is 10.5 Å². The van der Waals surface area contributed by atoms with Crippen molar-refractivity contribution in [2.75, 3.05) is 6.54 Å². The Hall–Kier alpha value is -2.14. The van der Waals surface area contributed by atoms with Crippen LogP contribution in [-0.4, -0.2) is 28.3 Å². The molecule has 2 aromatic rings. The molecule has 1 fully saturated rings. The number of hydrogen-bond acceptors (Lipinski definition) is 4. The number of benzene rings is 1. The zero-order valence-corrected chi connectivity index (χ0v) is 12.2. The van der Waals surface area contributed by atoms with Crippen molar-refractivity contribution in [3.05, 3.63) is 52.9 Å². The molecule has 0 radical (unpaired) electrons. The van der Waals surface area contributed by atoms with Crippen LogP contribution in [0.25, 0.3) is 0 Å². The van der Waals surface area contributed by atoms with Crippen molar-refractivity contribution in [1.29, 1.82) is 0 Å². The molecular formula is C17H18N2O3. The highest BCUT2D eigenvalue weighted by molar-refractivity contribution is 5.92. The monoisotopic (exact) mass is 298 g/mol. The van der Waals surface area contributed by atoms with Gasteiger partial charge in [-0.2, -0.15) is 0 Å². The average Bonchev–Trinajstić information content (AvgIpc) is 3.13. The van der Waals surface area contributed by atoms with E-state index in [0.29, 0.717) is 24.5 Å². The molecule has 1 aromatic carbocycles. The highest BCUT2D eigenvalue weighted by Crippen LogP contribution is 2.40. The summed E-state index contributed by atoms with van der Waals surface area (Å²) in [6, 6.07) is 9.69. The van der Waals surface area contributed by atoms with Crippen molar-refractivity contribution in [3.63, 3.8) is 0 Å². The predicted molar refractivity (Wildman–Crippen MR) is 79.6 cm³/mol. The van der Waals surface area contributed by atoms with Gasteiger partial charge in [0.05, 0.1) is 5.60 Å². The van der Waals surface area contributed by atoms with Gasteiger partial charge in [-0.25, -0.2) is 0 Å². The van der Waals surface area contributed by atoms with Crippen LogP contribution in [0.5, 0.6) is 0 Å². The maximum Gasteiger partial charge on any atom is 0.273 e. The lowest BCUT2D eigenvalue weighted by Crippen LogP contribution is -2.43. The molecule has 114 valence electrons. The molecular weight excluding hydrogens is 280 g/mol. The van der Waals surface area contributed by atoms with E-state index in [1.54, 1.807) is 6.07 Å². The third-order valence-electron chi connectivity index (χ3n) is 4.48. The van der Waals surface area contributed by atoms with Gasteiger partial charge in [0, 0.05) is 31.4 Å². The lowest BCUT2D eigenvalue weighted by atomic mass is 10.0. The number of carbonyl (C=O) groups excluding carboxylic acids is 1. The number of aliphatic hydroxyl groups is 1. The highest BCUT2D eigenvalue weighted by atomic mass is 16.5. The van der Waals surface area contributed by atoms with Gasteiger partial charge in [-0.15, -0.1) is 0 Å². The number of aromatic nitrogens is 1. The Morgan fingerprint density at radius 2 is 2.00 bits per heavy atom. The Balaban J connectivity index is 1.39. The number of hydrogen-bond donors (Lipinski definition) is 2. The largest absolute Gasteiger partial charge is 0.387 e. The number of fused-ring (bicyclic) bond motifs is 1. The second-order valence-corrected chi connectivity index (χ2v) is 6.42. The van der Waals surface area contributed by atoms with Crippen LogP contribution in [0.1, 0.15) is 46.1 Å². The van der Waals surface area contributed by atoms with Gasteiger partial charge in [-0.1, -0.05) is 29.4 Å². The number of amides is 1. The Labute approximate surface area is 128 Å². The molecule has 22 heavy (non-hydrogen) atoms. The topological polar surface area (TPSA) is 75.4 Å². The molecule has 4 rings (SSSR count). The first-order chi connectivity index (χ1) is 10.6. The summed E-state index contributed by atoms with van der Waals surface area (Å²) in [6.45, 7) is 0.214. The third kappa shape index (κ3) is 2.52. The molecule has 5 nitrogen and oxygen atoms in total.